The van der Waals surface area contributed by atoms with Crippen molar-refractivity contribution < 1.29 is 5.32 Å². The fourth-order valence-corrected chi connectivity index (χ4v) is 9.09. The van der Waals surface area contributed by atoms with E-state index in [1.165, 1.54) is 82.0 Å². The van der Waals surface area contributed by atoms with Gasteiger partial charge in [0.2, 0.25) is 6.17 Å². The number of hydrogen-bond donors (Lipinski definition) is 2. The van der Waals surface area contributed by atoms with Gasteiger partial charge in [-0.15, -0.1) is 0 Å². The summed E-state index contributed by atoms with van der Waals surface area (Å²) in [6.07, 6.45) is -0.327. The summed E-state index contributed by atoms with van der Waals surface area (Å²) in [5, 5.41) is 16.3. The highest BCUT2D eigenvalue weighted by molar-refractivity contribution is 6.16. The molecule has 1 heterocycles. The van der Waals surface area contributed by atoms with Crippen LogP contribution in [0, 0.1) is 0 Å². The van der Waals surface area contributed by atoms with Crippen molar-refractivity contribution in [1.82, 2.24) is 5.32 Å². The molecule has 2 unspecified atom stereocenters. The van der Waals surface area contributed by atoms with Crippen LogP contribution < -0.4 is 10.6 Å². The molecule has 0 amide bonds. The molecule has 3 nitrogen and oxygen atoms in total. The minimum Gasteiger partial charge on any atom is -0.317 e. The van der Waals surface area contributed by atoms with Crippen molar-refractivity contribution in [2.75, 3.05) is 0 Å². The monoisotopic (exact) mass is 742 g/mol. The number of aliphatic imine (C=N–C) groups is 1. The van der Waals surface area contributed by atoms with Gasteiger partial charge < -0.3 is 5.32 Å². The number of nitrogens with two attached hydrogens (primary N) is 1. The molecule has 10 aromatic carbocycles. The fourth-order valence-electron chi connectivity index (χ4n) is 9.09. The molecule has 0 fully saturated rings. The van der Waals surface area contributed by atoms with Crippen LogP contribution in [-0.4, -0.2) is 5.84 Å². The van der Waals surface area contributed by atoms with Crippen LogP contribution in [0.25, 0.3) is 76.5 Å². The second-order valence-corrected chi connectivity index (χ2v) is 15.3. The molecule has 1 aliphatic heterocycles. The summed E-state index contributed by atoms with van der Waals surface area (Å²) in [6.45, 7) is 0. The minimum atomic E-state index is -0.234. The quantitative estimate of drug-likeness (QED) is 0.164. The van der Waals surface area contributed by atoms with E-state index in [9.17, 15) is 0 Å². The topological polar surface area (TPSA) is 41.0 Å². The van der Waals surface area contributed by atoms with Gasteiger partial charge in [-0.2, -0.15) is 0 Å². The molecule has 0 saturated carbocycles. The molecule has 0 spiro atoms. The second kappa shape index (κ2) is 14.3. The van der Waals surface area contributed by atoms with Crippen LogP contribution in [0.2, 0.25) is 0 Å². The van der Waals surface area contributed by atoms with Crippen LogP contribution in [0.15, 0.2) is 217 Å². The number of amidine groups is 1. The van der Waals surface area contributed by atoms with Crippen LogP contribution in [0.5, 0.6) is 0 Å². The predicted molar refractivity (Wildman–Crippen MR) is 243 cm³/mol. The Morgan fingerprint density at radius 2 is 0.828 bits per heavy atom. The lowest BCUT2D eigenvalue weighted by Crippen LogP contribution is -2.90. The average Bonchev–Trinajstić information content (AvgIpc) is 3.31. The molecule has 58 heavy (non-hydrogen) atoms. The van der Waals surface area contributed by atoms with E-state index in [0.717, 1.165) is 17.0 Å². The van der Waals surface area contributed by atoms with Gasteiger partial charge in [0.25, 0.3) is 0 Å². The summed E-state index contributed by atoms with van der Waals surface area (Å²) in [5.41, 5.74) is 10.6. The number of nitrogens with one attached hydrogen (secondary N) is 1. The molecular weight excluding hydrogens is 703 g/mol. The Morgan fingerprint density at radius 1 is 0.362 bits per heavy atom. The Labute approximate surface area is 338 Å². The lowest BCUT2D eigenvalue weighted by Gasteiger charge is -2.30. The second-order valence-electron chi connectivity index (χ2n) is 15.3. The maximum Gasteiger partial charge on any atom is 0.209 e. The SMILES string of the molecule is c1ccc(C2=NC(c3cc(-c4cc5ccccc5c5ccccc45)cc(-c4cc5ccccc5c5ccccc45)c3)[NH2+]C(c3ccccc3-c3ccccc3)N2)cc1. The van der Waals surface area contributed by atoms with Crippen LogP contribution in [0.4, 0.5) is 0 Å². The molecule has 3 heteroatoms. The molecular formula is C55H40N3+. The van der Waals surface area contributed by atoms with Gasteiger partial charge in [0.1, 0.15) is 5.84 Å². The number of nitrogens with zero attached hydrogens (tertiary/aromatic N) is 1. The van der Waals surface area contributed by atoms with Gasteiger partial charge in [0.05, 0.1) is 0 Å². The Balaban J connectivity index is 1.16. The molecule has 1 aliphatic rings. The molecule has 0 aliphatic carbocycles. The first-order valence-corrected chi connectivity index (χ1v) is 20.1. The Morgan fingerprint density at radius 3 is 1.41 bits per heavy atom. The first-order chi connectivity index (χ1) is 28.7. The predicted octanol–water partition coefficient (Wildman–Crippen LogP) is 12.6. The molecule has 0 bridgehead atoms. The molecule has 11 rings (SSSR count). The van der Waals surface area contributed by atoms with Crippen molar-refractivity contribution in [2.45, 2.75) is 12.3 Å². The van der Waals surface area contributed by atoms with Crippen molar-refractivity contribution in [3.05, 3.63) is 229 Å². The highest BCUT2D eigenvalue weighted by atomic mass is 15.3. The summed E-state index contributed by atoms with van der Waals surface area (Å²) in [6, 6.07) is 77.2. The van der Waals surface area contributed by atoms with Gasteiger partial charge in [-0.25, -0.2) is 4.99 Å². The molecule has 3 N–H and O–H groups in total. The molecule has 2 atom stereocenters. The molecule has 10 aromatic rings. The standard InChI is InChI=1S/C55H39N3/c1-3-17-36(18-4-1)43-23-11-16-30-50(43)55-57-53(37-19-5-2-6-20-37)56-54(58-55)42-32-40(51-34-38-21-7-9-24-44(38)46-26-12-14-28-48(46)51)31-41(33-42)52-35-39-22-8-10-25-45(39)47-27-13-15-29-49(47)52/h1-35,54-55,58H,(H,56,57)/p+1. The van der Waals surface area contributed by atoms with Gasteiger partial charge in [-0.1, -0.05) is 182 Å². The smallest absolute Gasteiger partial charge is 0.209 e. The van der Waals surface area contributed by atoms with Gasteiger partial charge in [-0.05, 0) is 107 Å². The van der Waals surface area contributed by atoms with E-state index in [0.29, 0.717) is 0 Å². The van der Waals surface area contributed by atoms with Crippen molar-refractivity contribution in [3.8, 4) is 33.4 Å². The van der Waals surface area contributed by atoms with Crippen LogP contribution in [-0.2, 0) is 0 Å². The summed E-state index contributed by atoms with van der Waals surface area (Å²) < 4.78 is 0. The number of benzene rings is 10. The normalized spacial score (nSPS) is 15.4. The number of rotatable bonds is 6. The van der Waals surface area contributed by atoms with E-state index in [1.54, 1.807) is 0 Å². The number of quaternary nitrogens is 1. The highest BCUT2D eigenvalue weighted by Crippen LogP contribution is 2.41. The van der Waals surface area contributed by atoms with E-state index >= 15 is 0 Å². The molecule has 0 aromatic heterocycles. The number of hydrogen-bond acceptors (Lipinski definition) is 2. The highest BCUT2D eigenvalue weighted by Gasteiger charge is 2.31. The maximum absolute atomic E-state index is 5.54. The van der Waals surface area contributed by atoms with E-state index in [-0.39, 0.29) is 12.3 Å². The van der Waals surface area contributed by atoms with Crippen molar-refractivity contribution in [3.63, 3.8) is 0 Å². The van der Waals surface area contributed by atoms with Crippen LogP contribution in [0.3, 0.4) is 0 Å². The average molecular weight is 743 g/mol. The molecule has 274 valence electrons. The minimum absolute atomic E-state index is 0.0933. The van der Waals surface area contributed by atoms with Crippen LogP contribution >= 0.6 is 0 Å². The van der Waals surface area contributed by atoms with Gasteiger partial charge >= 0.3 is 0 Å². The Hall–Kier alpha value is -7.33. The van der Waals surface area contributed by atoms with Crippen LogP contribution in [0.1, 0.15) is 29.0 Å². The summed E-state index contributed by atoms with van der Waals surface area (Å²) in [4.78, 5) is 5.54. The van der Waals surface area contributed by atoms with Crippen molar-refractivity contribution >= 4 is 48.9 Å². The summed E-state index contributed by atoms with van der Waals surface area (Å²) >= 11 is 0. The largest absolute Gasteiger partial charge is 0.317 e. The third kappa shape index (κ3) is 6.01. The summed E-state index contributed by atoms with van der Waals surface area (Å²) in [5.74, 6) is 0.889. The molecule has 0 saturated heterocycles. The zero-order valence-corrected chi connectivity index (χ0v) is 31.9. The lowest BCUT2D eigenvalue weighted by molar-refractivity contribution is -0.739. The first-order valence-electron chi connectivity index (χ1n) is 20.1. The summed E-state index contributed by atoms with van der Waals surface area (Å²) in [7, 11) is 0. The zero-order valence-electron chi connectivity index (χ0n) is 31.9. The third-order valence-electron chi connectivity index (χ3n) is 11.8. The lowest BCUT2D eigenvalue weighted by atomic mass is 9.88. The molecule has 0 radical (unpaired) electrons. The van der Waals surface area contributed by atoms with Crippen molar-refractivity contribution in [1.29, 1.82) is 0 Å². The Kier molecular flexibility index (Phi) is 8.38. The van der Waals surface area contributed by atoms with Gasteiger partial charge in [-0.3, -0.25) is 5.32 Å². The van der Waals surface area contributed by atoms with Gasteiger partial charge in [0, 0.05) is 16.7 Å². The fraction of sp³-hybridized carbons (Fsp3) is 0.0364. The van der Waals surface area contributed by atoms with E-state index in [2.05, 4.69) is 223 Å². The zero-order chi connectivity index (χ0) is 38.4. The van der Waals surface area contributed by atoms with Crippen molar-refractivity contribution in [2.24, 2.45) is 4.99 Å². The third-order valence-corrected chi connectivity index (χ3v) is 11.8. The van der Waals surface area contributed by atoms with E-state index in [1.807, 2.05) is 0 Å². The van der Waals surface area contributed by atoms with Gasteiger partial charge in [0.15, 0.2) is 6.17 Å². The number of fused-ring (bicyclic) bond motifs is 6. The van der Waals surface area contributed by atoms with E-state index in [4.69, 9.17) is 4.99 Å². The maximum atomic E-state index is 5.54. The Bertz CT molecular complexity index is 3050. The van der Waals surface area contributed by atoms with E-state index < -0.39 is 0 Å². The first kappa shape index (κ1) is 34.0.